The first-order valence-corrected chi connectivity index (χ1v) is 8.10. The number of hydrogen-bond donors (Lipinski definition) is 0. The minimum atomic E-state index is 0.598. The van der Waals surface area contributed by atoms with Crippen LogP contribution in [0.4, 0.5) is 11.5 Å². The van der Waals surface area contributed by atoms with E-state index in [2.05, 4.69) is 59.1 Å². The quantitative estimate of drug-likeness (QED) is 0.852. The Morgan fingerprint density at radius 1 is 1.09 bits per heavy atom. The van der Waals surface area contributed by atoms with Crippen LogP contribution in [0.1, 0.15) is 35.8 Å². The van der Waals surface area contributed by atoms with Crippen LogP contribution in [0.5, 0.6) is 0 Å². The lowest BCUT2D eigenvalue weighted by atomic mass is 10.1. The number of likely N-dealkylation sites (N-methyl/N-ethyl adjacent to an activating group) is 1. The Morgan fingerprint density at radius 2 is 1.91 bits per heavy atom. The molecule has 1 saturated carbocycles. The van der Waals surface area contributed by atoms with Gasteiger partial charge in [-0.05, 0) is 31.4 Å². The van der Waals surface area contributed by atoms with Gasteiger partial charge in [-0.3, -0.25) is 0 Å². The van der Waals surface area contributed by atoms with Crippen LogP contribution in [0.15, 0.2) is 30.3 Å². The number of aromatic nitrogens is 2. The van der Waals surface area contributed by atoms with Gasteiger partial charge in [-0.25, -0.2) is 9.97 Å². The fourth-order valence-corrected chi connectivity index (χ4v) is 3.15. The van der Waals surface area contributed by atoms with E-state index in [1.54, 1.807) is 0 Å². The molecule has 4 rings (SSSR count). The standard InChI is InChI=1S/C18H22N4/c1-13-11-17(20-18(19-13)14-7-8-14)22-10-9-21(2)16-6-4-3-5-15(16)12-22/h3-6,11,14H,7-10,12H2,1-2H3. The molecule has 1 aliphatic carbocycles. The van der Waals surface area contributed by atoms with Crippen molar-refractivity contribution in [3.63, 3.8) is 0 Å². The van der Waals surface area contributed by atoms with Gasteiger partial charge in [0.2, 0.25) is 0 Å². The minimum Gasteiger partial charge on any atom is -0.373 e. The zero-order valence-electron chi connectivity index (χ0n) is 13.3. The molecule has 0 radical (unpaired) electrons. The Labute approximate surface area is 131 Å². The largest absolute Gasteiger partial charge is 0.373 e. The Balaban J connectivity index is 1.68. The molecule has 1 aromatic heterocycles. The highest BCUT2D eigenvalue weighted by Gasteiger charge is 2.28. The second-order valence-corrected chi connectivity index (χ2v) is 6.47. The number of anilines is 2. The molecule has 0 saturated heterocycles. The van der Waals surface area contributed by atoms with E-state index in [0.717, 1.165) is 37.0 Å². The van der Waals surface area contributed by atoms with Gasteiger partial charge in [0.05, 0.1) is 0 Å². The van der Waals surface area contributed by atoms with Crippen LogP contribution in [-0.2, 0) is 6.54 Å². The molecule has 1 aromatic carbocycles. The average molecular weight is 294 g/mol. The zero-order chi connectivity index (χ0) is 15.1. The topological polar surface area (TPSA) is 32.3 Å². The third-order valence-electron chi connectivity index (χ3n) is 4.59. The third kappa shape index (κ3) is 2.54. The maximum Gasteiger partial charge on any atom is 0.134 e. The summed E-state index contributed by atoms with van der Waals surface area (Å²) >= 11 is 0. The molecule has 114 valence electrons. The molecular weight excluding hydrogens is 272 g/mol. The fourth-order valence-electron chi connectivity index (χ4n) is 3.15. The fraction of sp³-hybridized carbons (Fsp3) is 0.444. The lowest BCUT2D eigenvalue weighted by molar-refractivity contribution is 0.769. The molecule has 0 atom stereocenters. The van der Waals surface area contributed by atoms with Crippen LogP contribution >= 0.6 is 0 Å². The van der Waals surface area contributed by atoms with Gasteiger partial charge in [0, 0.05) is 50.0 Å². The van der Waals surface area contributed by atoms with Crippen LogP contribution in [0.25, 0.3) is 0 Å². The summed E-state index contributed by atoms with van der Waals surface area (Å²) in [6, 6.07) is 10.8. The number of hydrogen-bond acceptors (Lipinski definition) is 4. The first kappa shape index (κ1) is 13.6. The lowest BCUT2D eigenvalue weighted by Gasteiger charge is -2.22. The number of fused-ring (bicyclic) bond motifs is 1. The van der Waals surface area contributed by atoms with E-state index in [-0.39, 0.29) is 0 Å². The van der Waals surface area contributed by atoms with E-state index in [0.29, 0.717) is 5.92 Å². The summed E-state index contributed by atoms with van der Waals surface area (Å²) in [5.41, 5.74) is 3.78. The van der Waals surface area contributed by atoms with Gasteiger partial charge in [-0.1, -0.05) is 18.2 Å². The molecule has 2 heterocycles. The first-order valence-electron chi connectivity index (χ1n) is 8.10. The van der Waals surface area contributed by atoms with Crippen molar-refractivity contribution in [3.8, 4) is 0 Å². The molecule has 0 bridgehead atoms. The normalized spacial score (nSPS) is 18.1. The molecule has 1 aliphatic heterocycles. The SMILES string of the molecule is Cc1cc(N2CCN(C)c3ccccc3C2)nc(C2CC2)n1. The molecule has 2 aromatic rings. The van der Waals surface area contributed by atoms with Crippen molar-refractivity contribution in [1.29, 1.82) is 0 Å². The molecule has 0 unspecified atom stereocenters. The predicted molar refractivity (Wildman–Crippen MR) is 89.5 cm³/mol. The van der Waals surface area contributed by atoms with E-state index in [1.807, 2.05) is 0 Å². The highest BCUT2D eigenvalue weighted by molar-refractivity contribution is 5.57. The van der Waals surface area contributed by atoms with E-state index in [9.17, 15) is 0 Å². The number of aryl methyl sites for hydroxylation is 1. The Hall–Kier alpha value is -2.10. The molecule has 4 nitrogen and oxygen atoms in total. The van der Waals surface area contributed by atoms with E-state index in [4.69, 9.17) is 4.98 Å². The van der Waals surface area contributed by atoms with Crippen LogP contribution in [0, 0.1) is 6.92 Å². The van der Waals surface area contributed by atoms with E-state index >= 15 is 0 Å². The summed E-state index contributed by atoms with van der Waals surface area (Å²) in [4.78, 5) is 14.2. The lowest BCUT2D eigenvalue weighted by Crippen LogP contribution is -2.30. The van der Waals surface area contributed by atoms with Crippen LogP contribution in [-0.4, -0.2) is 30.1 Å². The molecule has 0 amide bonds. The second kappa shape index (κ2) is 5.27. The number of para-hydroxylation sites is 1. The van der Waals surface area contributed by atoms with Crippen molar-refractivity contribution in [1.82, 2.24) is 9.97 Å². The maximum atomic E-state index is 4.86. The minimum absolute atomic E-state index is 0.598. The van der Waals surface area contributed by atoms with Crippen LogP contribution in [0.2, 0.25) is 0 Å². The molecular formula is C18H22N4. The van der Waals surface area contributed by atoms with Crippen molar-refractivity contribution in [2.75, 3.05) is 29.9 Å². The summed E-state index contributed by atoms with van der Waals surface area (Å²) in [5, 5.41) is 0. The summed E-state index contributed by atoms with van der Waals surface area (Å²) in [6.07, 6.45) is 2.49. The summed E-state index contributed by atoms with van der Waals surface area (Å²) in [5.74, 6) is 2.72. The van der Waals surface area contributed by atoms with Gasteiger partial charge in [0.25, 0.3) is 0 Å². The van der Waals surface area contributed by atoms with Gasteiger partial charge in [0.1, 0.15) is 11.6 Å². The van der Waals surface area contributed by atoms with Gasteiger partial charge in [-0.2, -0.15) is 0 Å². The number of rotatable bonds is 2. The monoisotopic (exact) mass is 294 g/mol. The van der Waals surface area contributed by atoms with Crippen molar-refractivity contribution in [3.05, 3.63) is 47.4 Å². The van der Waals surface area contributed by atoms with Gasteiger partial charge < -0.3 is 9.80 Å². The predicted octanol–water partition coefficient (Wildman–Crippen LogP) is 3.12. The molecule has 4 heteroatoms. The second-order valence-electron chi connectivity index (χ2n) is 6.47. The third-order valence-corrected chi connectivity index (χ3v) is 4.59. The van der Waals surface area contributed by atoms with Gasteiger partial charge in [-0.15, -0.1) is 0 Å². The van der Waals surface area contributed by atoms with E-state index in [1.165, 1.54) is 24.1 Å². The number of nitrogens with zero attached hydrogens (tertiary/aromatic N) is 4. The van der Waals surface area contributed by atoms with Crippen molar-refractivity contribution < 1.29 is 0 Å². The van der Waals surface area contributed by atoms with Crippen LogP contribution in [0.3, 0.4) is 0 Å². The van der Waals surface area contributed by atoms with Crippen molar-refractivity contribution in [2.24, 2.45) is 0 Å². The summed E-state index contributed by atoms with van der Waals surface area (Å²) in [7, 11) is 2.17. The Bertz CT molecular complexity index is 693. The van der Waals surface area contributed by atoms with E-state index < -0.39 is 0 Å². The molecule has 2 aliphatic rings. The Kier molecular flexibility index (Phi) is 3.25. The first-order chi connectivity index (χ1) is 10.7. The highest BCUT2D eigenvalue weighted by Crippen LogP contribution is 2.39. The number of benzene rings is 1. The molecule has 22 heavy (non-hydrogen) atoms. The Morgan fingerprint density at radius 3 is 2.73 bits per heavy atom. The zero-order valence-corrected chi connectivity index (χ0v) is 13.3. The smallest absolute Gasteiger partial charge is 0.134 e. The van der Waals surface area contributed by atoms with Gasteiger partial charge in [0.15, 0.2) is 0 Å². The maximum absolute atomic E-state index is 4.86. The molecule has 0 spiro atoms. The average Bonchev–Trinajstić information content (AvgIpc) is 3.35. The van der Waals surface area contributed by atoms with Crippen molar-refractivity contribution in [2.45, 2.75) is 32.2 Å². The van der Waals surface area contributed by atoms with Gasteiger partial charge >= 0.3 is 0 Å². The highest BCUT2D eigenvalue weighted by atomic mass is 15.2. The molecule has 1 fully saturated rings. The van der Waals surface area contributed by atoms with Crippen LogP contribution < -0.4 is 9.80 Å². The summed E-state index contributed by atoms with van der Waals surface area (Å²) in [6.45, 7) is 5.00. The van der Waals surface area contributed by atoms with Crippen molar-refractivity contribution >= 4 is 11.5 Å². The summed E-state index contributed by atoms with van der Waals surface area (Å²) < 4.78 is 0. The molecule has 0 N–H and O–H groups in total.